The summed E-state index contributed by atoms with van der Waals surface area (Å²) in [6, 6.07) is 4.89. The zero-order valence-corrected chi connectivity index (χ0v) is 21.3. The molecular weight excluding hydrogens is 464 g/mol. The lowest BCUT2D eigenvalue weighted by molar-refractivity contribution is -0.142. The van der Waals surface area contributed by atoms with Crippen LogP contribution in [0.2, 0.25) is 0 Å². The van der Waals surface area contributed by atoms with Crippen molar-refractivity contribution >= 4 is 56.9 Å². The Labute approximate surface area is 207 Å². The highest BCUT2D eigenvalue weighted by Crippen LogP contribution is 2.42. The van der Waals surface area contributed by atoms with Crippen molar-refractivity contribution in [1.82, 2.24) is 19.8 Å². The molecule has 0 bridgehead atoms. The first-order valence-electron chi connectivity index (χ1n) is 11.7. The number of carbonyl (C=O) groups excluding carboxylic acids is 1. The van der Waals surface area contributed by atoms with E-state index in [1.54, 1.807) is 29.4 Å². The van der Waals surface area contributed by atoms with Gasteiger partial charge in [-0.2, -0.15) is 0 Å². The lowest BCUT2D eigenvalue weighted by atomic mass is 9.86. The molecule has 1 aromatic carbocycles. The summed E-state index contributed by atoms with van der Waals surface area (Å²) in [6.45, 7) is 2.46. The number of nitrogens with zero attached hydrogens (tertiary/aromatic N) is 5. The molecule has 0 spiro atoms. The number of amides is 1. The van der Waals surface area contributed by atoms with E-state index in [0.717, 1.165) is 60.6 Å². The van der Waals surface area contributed by atoms with Gasteiger partial charge in [-0.05, 0) is 68.4 Å². The number of rotatable bonds is 5. The van der Waals surface area contributed by atoms with Crippen LogP contribution in [0, 0.1) is 5.92 Å². The molecule has 0 unspecified atom stereocenters. The molecule has 9 heteroatoms. The first-order chi connectivity index (χ1) is 16.5. The van der Waals surface area contributed by atoms with Gasteiger partial charge >= 0.3 is 0 Å². The SMILES string of the molecule is CSc1cc2c(cc1Nc1ncnc3sc4c(c13)CC[C@H](C(=O)N1CC(N(C)C)C1)C4)C=NC2. The van der Waals surface area contributed by atoms with E-state index >= 15 is 0 Å². The lowest BCUT2D eigenvalue weighted by Crippen LogP contribution is -2.60. The molecular formula is C25H28N6OS2. The van der Waals surface area contributed by atoms with Crippen molar-refractivity contribution in [2.45, 2.75) is 36.7 Å². The Kier molecular flexibility index (Phi) is 5.58. The third kappa shape index (κ3) is 3.70. The number of likely N-dealkylation sites (N-methyl/N-ethyl adjacent to an activating group) is 1. The fraction of sp³-hybridized carbons (Fsp3) is 0.440. The van der Waals surface area contributed by atoms with Gasteiger partial charge in [0.15, 0.2) is 0 Å². The zero-order chi connectivity index (χ0) is 23.4. The van der Waals surface area contributed by atoms with Gasteiger partial charge in [0.25, 0.3) is 0 Å². The van der Waals surface area contributed by atoms with Gasteiger partial charge in [-0.25, -0.2) is 9.97 Å². The monoisotopic (exact) mass is 492 g/mol. The highest BCUT2D eigenvalue weighted by molar-refractivity contribution is 7.98. The number of thioether (sulfide) groups is 1. The van der Waals surface area contributed by atoms with Gasteiger partial charge in [-0.15, -0.1) is 23.1 Å². The number of hydrogen-bond donors (Lipinski definition) is 1. The van der Waals surface area contributed by atoms with Crippen LogP contribution in [-0.2, 0) is 24.2 Å². The van der Waals surface area contributed by atoms with Gasteiger partial charge in [0.1, 0.15) is 17.0 Å². The van der Waals surface area contributed by atoms with E-state index in [1.165, 1.54) is 26.5 Å². The van der Waals surface area contributed by atoms with Crippen LogP contribution in [0.25, 0.3) is 10.2 Å². The topological polar surface area (TPSA) is 73.7 Å². The molecule has 1 fully saturated rings. The number of nitrogens with one attached hydrogen (secondary N) is 1. The molecule has 1 atom stereocenters. The van der Waals surface area contributed by atoms with Crippen molar-refractivity contribution in [3.63, 3.8) is 0 Å². The van der Waals surface area contributed by atoms with Crippen molar-refractivity contribution in [2.24, 2.45) is 10.9 Å². The van der Waals surface area contributed by atoms with Crippen LogP contribution in [0.4, 0.5) is 11.5 Å². The Morgan fingerprint density at radius 1 is 1.26 bits per heavy atom. The number of fused-ring (bicyclic) bond motifs is 4. The molecule has 3 aromatic rings. The summed E-state index contributed by atoms with van der Waals surface area (Å²) >= 11 is 3.45. The summed E-state index contributed by atoms with van der Waals surface area (Å²) in [4.78, 5) is 34.5. The quantitative estimate of drug-likeness (QED) is 0.544. The Morgan fingerprint density at radius 2 is 2.12 bits per heavy atom. The van der Waals surface area contributed by atoms with Crippen molar-refractivity contribution in [2.75, 3.05) is 38.8 Å². The molecule has 0 radical (unpaired) electrons. The average molecular weight is 493 g/mol. The molecule has 0 saturated carbocycles. The fourth-order valence-corrected chi connectivity index (χ4v) is 7.03. The van der Waals surface area contributed by atoms with Crippen LogP contribution in [0.3, 0.4) is 0 Å². The van der Waals surface area contributed by atoms with Crippen LogP contribution >= 0.6 is 23.1 Å². The second kappa shape index (κ2) is 8.62. The standard InChI is InChI=1S/C25H28N6OS2/c1-30(2)17-11-31(12-17)25(32)14-4-5-18-20(7-14)34-24-22(18)23(27-13-28-24)29-19-6-15-9-26-10-16(15)8-21(19)33-3/h6,8-9,13-14,17H,4-5,7,10-12H2,1-3H3,(H,27,28,29)/t14-/m0/s1. The Bertz CT molecular complexity index is 1310. The highest BCUT2D eigenvalue weighted by atomic mass is 32.2. The summed E-state index contributed by atoms with van der Waals surface area (Å²) in [7, 11) is 4.17. The van der Waals surface area contributed by atoms with Gasteiger partial charge in [-0.1, -0.05) is 0 Å². The minimum absolute atomic E-state index is 0.0761. The van der Waals surface area contributed by atoms with Gasteiger partial charge in [-0.3, -0.25) is 9.79 Å². The molecule has 6 rings (SSSR count). The molecule has 2 aliphatic heterocycles. The maximum Gasteiger partial charge on any atom is 0.226 e. The lowest BCUT2D eigenvalue weighted by Gasteiger charge is -2.44. The smallest absolute Gasteiger partial charge is 0.226 e. The molecule has 2 aromatic heterocycles. The van der Waals surface area contributed by atoms with Crippen LogP contribution < -0.4 is 5.32 Å². The van der Waals surface area contributed by atoms with E-state index in [2.05, 4.69) is 57.7 Å². The predicted octanol–water partition coefficient (Wildman–Crippen LogP) is 3.97. The summed E-state index contributed by atoms with van der Waals surface area (Å²) in [6.07, 6.45) is 8.28. The molecule has 1 aliphatic carbocycles. The van der Waals surface area contributed by atoms with Crippen molar-refractivity contribution in [1.29, 1.82) is 0 Å². The second-order valence-corrected chi connectivity index (χ2v) is 11.5. The molecule has 1 N–H and O–H groups in total. The number of anilines is 2. The molecule has 176 valence electrons. The van der Waals surface area contributed by atoms with Crippen molar-refractivity contribution in [3.8, 4) is 0 Å². The molecule has 7 nitrogen and oxygen atoms in total. The van der Waals surface area contributed by atoms with E-state index in [1.807, 2.05) is 11.1 Å². The molecule has 1 amide bonds. The minimum Gasteiger partial charge on any atom is -0.339 e. The Balaban J connectivity index is 1.27. The minimum atomic E-state index is 0.0761. The van der Waals surface area contributed by atoms with Crippen molar-refractivity contribution in [3.05, 3.63) is 40.0 Å². The molecule has 34 heavy (non-hydrogen) atoms. The van der Waals surface area contributed by atoms with E-state index < -0.39 is 0 Å². The maximum atomic E-state index is 13.1. The molecule has 1 saturated heterocycles. The first-order valence-corrected chi connectivity index (χ1v) is 13.7. The van der Waals surface area contributed by atoms with E-state index in [9.17, 15) is 4.79 Å². The molecule has 3 aliphatic rings. The number of aromatic nitrogens is 2. The van der Waals surface area contributed by atoms with E-state index in [0.29, 0.717) is 11.9 Å². The number of hydrogen-bond acceptors (Lipinski definition) is 8. The van der Waals surface area contributed by atoms with Crippen molar-refractivity contribution < 1.29 is 4.79 Å². The number of carbonyl (C=O) groups is 1. The Hall–Kier alpha value is -2.49. The van der Waals surface area contributed by atoms with E-state index in [-0.39, 0.29) is 5.92 Å². The fourth-order valence-electron chi connectivity index (χ4n) is 5.17. The van der Waals surface area contributed by atoms with Gasteiger partial charge in [0, 0.05) is 41.0 Å². The third-order valence-electron chi connectivity index (χ3n) is 7.31. The number of aryl methyl sites for hydroxylation is 1. The van der Waals surface area contributed by atoms with Crippen LogP contribution in [0.5, 0.6) is 0 Å². The number of thiophene rings is 1. The summed E-state index contributed by atoms with van der Waals surface area (Å²) in [5.74, 6) is 1.25. The van der Waals surface area contributed by atoms with Gasteiger partial charge < -0.3 is 15.1 Å². The number of aliphatic imine (C=N–C) groups is 1. The van der Waals surface area contributed by atoms with Crippen LogP contribution in [0.15, 0.2) is 28.3 Å². The zero-order valence-electron chi connectivity index (χ0n) is 19.7. The normalized spacial score (nSPS) is 19.4. The highest BCUT2D eigenvalue weighted by Gasteiger charge is 2.37. The molecule has 4 heterocycles. The summed E-state index contributed by atoms with van der Waals surface area (Å²) in [5, 5.41) is 4.73. The van der Waals surface area contributed by atoms with Crippen LogP contribution in [-0.4, -0.2) is 71.4 Å². The summed E-state index contributed by atoms with van der Waals surface area (Å²) < 4.78 is 0. The second-order valence-electron chi connectivity index (χ2n) is 9.55. The predicted molar refractivity (Wildman–Crippen MR) is 140 cm³/mol. The Morgan fingerprint density at radius 3 is 2.91 bits per heavy atom. The number of likely N-dealkylation sites (tertiary alicyclic amines) is 1. The third-order valence-corrected chi connectivity index (χ3v) is 9.25. The van der Waals surface area contributed by atoms with E-state index in [4.69, 9.17) is 0 Å². The van der Waals surface area contributed by atoms with Crippen LogP contribution in [0.1, 0.15) is 28.0 Å². The summed E-state index contributed by atoms with van der Waals surface area (Å²) in [5.41, 5.74) is 4.80. The van der Waals surface area contributed by atoms with Gasteiger partial charge in [0.2, 0.25) is 5.91 Å². The number of benzene rings is 1. The maximum absolute atomic E-state index is 13.1. The largest absolute Gasteiger partial charge is 0.339 e. The first kappa shape index (κ1) is 22.0. The average Bonchev–Trinajstić information content (AvgIpc) is 3.40. The van der Waals surface area contributed by atoms with Gasteiger partial charge in [0.05, 0.1) is 17.6 Å².